The predicted molar refractivity (Wildman–Crippen MR) is 95.1 cm³/mol. The molecule has 0 spiro atoms. The topological polar surface area (TPSA) is 28.1 Å². The van der Waals surface area contributed by atoms with Crippen LogP contribution in [0.25, 0.3) is 10.9 Å². The van der Waals surface area contributed by atoms with E-state index in [2.05, 4.69) is 69.9 Å². The summed E-state index contributed by atoms with van der Waals surface area (Å²) >= 11 is 10.5. The van der Waals surface area contributed by atoms with E-state index in [9.17, 15) is 0 Å². The maximum atomic E-state index is 4.59. The minimum absolute atomic E-state index is 0.872. The number of H-pyrrole nitrogens is 1. The number of hydrogen-bond donors (Lipinski definition) is 1. The van der Waals surface area contributed by atoms with Crippen LogP contribution in [0.1, 0.15) is 5.56 Å². The van der Waals surface area contributed by atoms with Gasteiger partial charge in [0.25, 0.3) is 0 Å². The highest BCUT2D eigenvalue weighted by atomic mass is 79.9. The second-order valence-corrected chi connectivity index (χ2v) is 6.89. The van der Waals surface area contributed by atoms with E-state index in [1.165, 1.54) is 5.39 Å². The van der Waals surface area contributed by atoms with Crippen LogP contribution in [0.15, 0.2) is 61.0 Å². The van der Waals surface area contributed by atoms with E-state index in [-0.39, 0.29) is 0 Å². The van der Waals surface area contributed by atoms with Crippen LogP contribution in [0.3, 0.4) is 0 Å². The van der Waals surface area contributed by atoms with Crippen LogP contribution >= 0.6 is 47.8 Å². The number of para-hydroxylation sites is 1. The fraction of sp³-hybridized carbons (Fsp3) is 0. The molecule has 0 bridgehead atoms. The number of nitrogens with one attached hydrogen (secondary N) is 1. The summed E-state index contributed by atoms with van der Waals surface area (Å²) in [4.78, 5) is 7.83. The van der Waals surface area contributed by atoms with Gasteiger partial charge >= 0.3 is 0 Å². The average Bonchev–Trinajstić information content (AvgIpc) is 2.86. The molecule has 0 aliphatic rings. The molecule has 0 radical (unpaired) electrons. The summed E-state index contributed by atoms with van der Waals surface area (Å²) in [5, 5.41) is 1.18. The van der Waals surface area contributed by atoms with Crippen LogP contribution in [0.4, 0.5) is 5.69 Å². The number of nitrogens with zero attached hydrogens (tertiary/aromatic N) is 1. The van der Waals surface area contributed by atoms with E-state index >= 15 is 0 Å². The highest BCUT2D eigenvalue weighted by Gasteiger charge is 2.05. The van der Waals surface area contributed by atoms with E-state index < -0.39 is 0 Å². The zero-order chi connectivity index (χ0) is 14.1. The Morgan fingerprint density at radius 2 is 1.75 bits per heavy atom. The maximum Gasteiger partial charge on any atom is 0.0914 e. The van der Waals surface area contributed by atoms with Crippen molar-refractivity contribution in [3.8, 4) is 0 Å². The molecule has 2 nitrogen and oxygen atoms in total. The largest absolute Gasteiger partial charge is 0.361 e. The Kier molecular flexibility index (Phi) is 4.10. The summed E-state index contributed by atoms with van der Waals surface area (Å²) in [7, 11) is 0. The molecule has 0 saturated carbocycles. The Labute approximate surface area is 141 Å². The molecule has 100 valence electrons. The van der Waals surface area contributed by atoms with Crippen molar-refractivity contribution in [3.05, 3.63) is 61.6 Å². The van der Waals surface area contributed by atoms with Gasteiger partial charge < -0.3 is 4.98 Å². The van der Waals surface area contributed by atoms with E-state index in [4.69, 9.17) is 0 Å². The SMILES string of the molecule is Brc1cc(Br)c(N=Cc2cccc3cc[nH]c23)c(Br)c1. The Morgan fingerprint density at radius 3 is 2.50 bits per heavy atom. The second-order valence-electron chi connectivity index (χ2n) is 4.27. The molecule has 1 aromatic heterocycles. The minimum atomic E-state index is 0.872. The zero-order valence-corrected chi connectivity index (χ0v) is 15.0. The van der Waals surface area contributed by atoms with Crippen molar-refractivity contribution in [2.75, 3.05) is 0 Å². The highest BCUT2D eigenvalue weighted by Crippen LogP contribution is 2.36. The lowest BCUT2D eigenvalue weighted by Gasteiger charge is -2.03. The monoisotopic (exact) mass is 454 g/mol. The molecule has 0 saturated heterocycles. The van der Waals surface area contributed by atoms with Crippen molar-refractivity contribution in [2.24, 2.45) is 4.99 Å². The quantitative estimate of drug-likeness (QED) is 0.444. The standard InChI is InChI=1S/C15H9Br3N2/c16-11-6-12(17)15(13(18)7-11)20-8-10-3-1-2-9-4-5-19-14(9)10/h1-8,19H. The summed E-state index contributed by atoms with van der Waals surface area (Å²) in [6, 6.07) is 12.2. The number of hydrogen-bond acceptors (Lipinski definition) is 1. The van der Waals surface area contributed by atoms with Gasteiger partial charge in [-0.3, -0.25) is 4.99 Å². The van der Waals surface area contributed by atoms with Crippen molar-refractivity contribution < 1.29 is 0 Å². The number of benzene rings is 2. The molecule has 0 aliphatic carbocycles. The maximum absolute atomic E-state index is 4.59. The Morgan fingerprint density at radius 1 is 1.00 bits per heavy atom. The molecule has 0 amide bonds. The molecular weight excluding hydrogens is 448 g/mol. The van der Waals surface area contributed by atoms with Gasteiger partial charge in [-0.15, -0.1) is 0 Å². The van der Waals surface area contributed by atoms with E-state index in [0.717, 1.165) is 30.2 Å². The molecule has 0 aliphatic heterocycles. The van der Waals surface area contributed by atoms with Gasteiger partial charge in [0.05, 0.1) is 11.2 Å². The first-order valence-corrected chi connectivity index (χ1v) is 8.28. The van der Waals surface area contributed by atoms with Gasteiger partial charge in [-0.25, -0.2) is 0 Å². The number of rotatable bonds is 2. The number of aromatic nitrogens is 1. The van der Waals surface area contributed by atoms with Crippen molar-refractivity contribution in [2.45, 2.75) is 0 Å². The van der Waals surface area contributed by atoms with Gasteiger partial charge in [0.15, 0.2) is 0 Å². The van der Waals surface area contributed by atoms with Crippen molar-refractivity contribution in [3.63, 3.8) is 0 Å². The summed E-state index contributed by atoms with van der Waals surface area (Å²) in [6.07, 6.45) is 3.81. The molecule has 1 heterocycles. The number of aliphatic imine (C=N–C) groups is 1. The first kappa shape index (κ1) is 14.0. The average molecular weight is 457 g/mol. The van der Waals surface area contributed by atoms with Gasteiger partial charge in [-0.1, -0.05) is 34.1 Å². The molecule has 5 heteroatoms. The summed E-state index contributed by atoms with van der Waals surface area (Å²) in [6.45, 7) is 0. The molecule has 3 rings (SSSR count). The highest BCUT2D eigenvalue weighted by molar-refractivity contribution is 9.11. The molecule has 0 unspecified atom stereocenters. The fourth-order valence-corrected chi connectivity index (χ4v) is 4.47. The second kappa shape index (κ2) is 5.84. The minimum Gasteiger partial charge on any atom is -0.361 e. The summed E-state index contributed by atoms with van der Waals surface area (Å²) in [5.74, 6) is 0. The van der Waals surface area contributed by atoms with E-state index in [0.29, 0.717) is 0 Å². The Hall–Kier alpha value is -0.910. The Bertz CT molecular complexity index is 783. The molecule has 0 fully saturated rings. The molecule has 1 N–H and O–H groups in total. The van der Waals surface area contributed by atoms with Gasteiger partial charge in [-0.2, -0.15) is 0 Å². The smallest absolute Gasteiger partial charge is 0.0914 e. The molecule has 3 aromatic rings. The lowest BCUT2D eigenvalue weighted by molar-refractivity contribution is 1.44. The fourth-order valence-electron chi connectivity index (χ4n) is 2.01. The van der Waals surface area contributed by atoms with Crippen molar-refractivity contribution >= 4 is 70.6 Å². The van der Waals surface area contributed by atoms with E-state index in [1.807, 2.05) is 36.7 Å². The van der Waals surface area contributed by atoms with Crippen LogP contribution in [0.2, 0.25) is 0 Å². The van der Waals surface area contributed by atoms with Crippen LogP contribution in [0, 0.1) is 0 Å². The third kappa shape index (κ3) is 2.75. The molecule has 2 aromatic carbocycles. The Balaban J connectivity index is 2.05. The van der Waals surface area contributed by atoms with E-state index in [1.54, 1.807) is 0 Å². The van der Waals surface area contributed by atoms with Crippen LogP contribution < -0.4 is 0 Å². The summed E-state index contributed by atoms with van der Waals surface area (Å²) in [5.41, 5.74) is 3.03. The lowest BCUT2D eigenvalue weighted by atomic mass is 10.1. The molecular formula is C15H9Br3N2. The number of fused-ring (bicyclic) bond motifs is 1. The number of halogens is 3. The predicted octanol–water partition coefficient (Wildman–Crippen LogP) is 6.21. The van der Waals surface area contributed by atoms with Gasteiger partial charge in [0.2, 0.25) is 0 Å². The first-order chi connectivity index (χ1) is 9.65. The summed E-state index contributed by atoms with van der Waals surface area (Å²) < 4.78 is 2.88. The third-order valence-electron chi connectivity index (χ3n) is 2.93. The van der Waals surface area contributed by atoms with Crippen molar-refractivity contribution in [1.82, 2.24) is 4.98 Å². The van der Waals surface area contributed by atoms with Gasteiger partial charge in [0.1, 0.15) is 0 Å². The van der Waals surface area contributed by atoms with Crippen LogP contribution in [-0.2, 0) is 0 Å². The molecule has 0 atom stereocenters. The van der Waals surface area contributed by atoms with Crippen LogP contribution in [0.5, 0.6) is 0 Å². The zero-order valence-electron chi connectivity index (χ0n) is 10.2. The van der Waals surface area contributed by atoms with Crippen LogP contribution in [-0.4, -0.2) is 11.2 Å². The van der Waals surface area contributed by atoms with Crippen molar-refractivity contribution in [1.29, 1.82) is 0 Å². The first-order valence-electron chi connectivity index (χ1n) is 5.90. The third-order valence-corrected chi connectivity index (χ3v) is 4.60. The lowest BCUT2D eigenvalue weighted by Crippen LogP contribution is -1.84. The van der Waals surface area contributed by atoms with Gasteiger partial charge in [-0.05, 0) is 50.1 Å². The van der Waals surface area contributed by atoms with Gasteiger partial charge in [0, 0.05) is 36.8 Å². The normalized spacial score (nSPS) is 11.6. The molecule has 20 heavy (non-hydrogen) atoms. The number of aromatic amines is 1.